The number of rotatable bonds is 3. The Morgan fingerprint density at radius 3 is 2.43 bits per heavy atom. The molecule has 1 fully saturated rings. The third-order valence-electron chi connectivity index (χ3n) is 3.21. The van der Waals surface area contributed by atoms with Crippen molar-refractivity contribution < 1.29 is 0 Å². The first-order chi connectivity index (χ1) is 6.95. The molecule has 0 spiro atoms. The highest BCUT2D eigenvalue weighted by Crippen LogP contribution is 2.27. The standard InChI is InChI=1S/C14H19/c1-3-7-13(8-4-1)11-12-14-9-5-2-6-10-14/h1,3-4,7-8,11,14H,2,5-6,9-10,12H2. The lowest BCUT2D eigenvalue weighted by atomic mass is 9.85. The molecule has 0 bridgehead atoms. The predicted octanol–water partition coefficient (Wildman–Crippen LogP) is 4.21. The summed E-state index contributed by atoms with van der Waals surface area (Å²) in [5.41, 5.74) is 1.39. The van der Waals surface area contributed by atoms with Crippen LogP contribution in [-0.2, 0) is 0 Å². The maximum atomic E-state index is 2.40. The lowest BCUT2D eigenvalue weighted by Gasteiger charge is -2.21. The van der Waals surface area contributed by atoms with Crippen molar-refractivity contribution in [1.82, 2.24) is 0 Å². The van der Waals surface area contributed by atoms with Gasteiger partial charge in [-0.1, -0.05) is 62.4 Å². The molecule has 0 N–H and O–H groups in total. The molecule has 1 aliphatic rings. The van der Waals surface area contributed by atoms with Gasteiger partial charge in [0.15, 0.2) is 0 Å². The SMILES string of the molecule is [CH](CC1CCCCC1)c1ccccc1. The molecule has 0 nitrogen and oxygen atoms in total. The van der Waals surface area contributed by atoms with Crippen LogP contribution in [0.15, 0.2) is 30.3 Å². The lowest BCUT2D eigenvalue weighted by molar-refractivity contribution is 0.356. The molecule has 1 saturated carbocycles. The van der Waals surface area contributed by atoms with Gasteiger partial charge in [0.1, 0.15) is 0 Å². The second-order valence-corrected chi connectivity index (χ2v) is 4.35. The highest BCUT2D eigenvalue weighted by Gasteiger charge is 2.12. The van der Waals surface area contributed by atoms with Crippen LogP contribution in [0.25, 0.3) is 0 Å². The zero-order valence-electron chi connectivity index (χ0n) is 8.78. The van der Waals surface area contributed by atoms with Gasteiger partial charge >= 0.3 is 0 Å². The first-order valence-electron chi connectivity index (χ1n) is 5.83. The minimum absolute atomic E-state index is 0.962. The summed E-state index contributed by atoms with van der Waals surface area (Å²) in [4.78, 5) is 0. The van der Waals surface area contributed by atoms with E-state index in [4.69, 9.17) is 0 Å². The number of benzene rings is 1. The van der Waals surface area contributed by atoms with E-state index >= 15 is 0 Å². The van der Waals surface area contributed by atoms with E-state index in [0.717, 1.165) is 5.92 Å². The van der Waals surface area contributed by atoms with Crippen LogP contribution in [0, 0.1) is 12.3 Å². The van der Waals surface area contributed by atoms with Gasteiger partial charge in [0.25, 0.3) is 0 Å². The molecule has 1 aliphatic carbocycles. The molecule has 0 heteroatoms. The van der Waals surface area contributed by atoms with E-state index in [9.17, 15) is 0 Å². The molecule has 14 heavy (non-hydrogen) atoms. The van der Waals surface area contributed by atoms with Gasteiger partial charge in [-0.15, -0.1) is 0 Å². The Balaban J connectivity index is 1.76. The van der Waals surface area contributed by atoms with Gasteiger partial charge in [-0.25, -0.2) is 0 Å². The van der Waals surface area contributed by atoms with Crippen LogP contribution in [0.1, 0.15) is 44.1 Å². The van der Waals surface area contributed by atoms with Crippen LogP contribution in [0.4, 0.5) is 0 Å². The number of hydrogen-bond donors (Lipinski definition) is 0. The Hall–Kier alpha value is -0.780. The average Bonchev–Trinajstić information content (AvgIpc) is 2.29. The maximum Gasteiger partial charge on any atom is -0.00904 e. The largest absolute Gasteiger partial charge is 0.0622 e. The van der Waals surface area contributed by atoms with Crippen molar-refractivity contribution in [2.45, 2.75) is 38.5 Å². The van der Waals surface area contributed by atoms with Gasteiger partial charge in [0.05, 0.1) is 0 Å². The Morgan fingerprint density at radius 2 is 1.71 bits per heavy atom. The van der Waals surface area contributed by atoms with Gasteiger partial charge in [0.2, 0.25) is 0 Å². The summed E-state index contributed by atoms with van der Waals surface area (Å²) in [7, 11) is 0. The summed E-state index contributed by atoms with van der Waals surface area (Å²) < 4.78 is 0. The Labute approximate surface area is 87.3 Å². The fourth-order valence-electron chi connectivity index (χ4n) is 2.31. The van der Waals surface area contributed by atoms with Crippen LogP contribution in [0.2, 0.25) is 0 Å². The smallest absolute Gasteiger partial charge is 0.00904 e. The quantitative estimate of drug-likeness (QED) is 0.665. The molecule has 0 unspecified atom stereocenters. The first kappa shape index (κ1) is 9.76. The van der Waals surface area contributed by atoms with Gasteiger partial charge in [-0.2, -0.15) is 0 Å². The molecular formula is C14H19. The Kier molecular flexibility index (Phi) is 3.62. The van der Waals surface area contributed by atoms with Crippen LogP contribution in [0.3, 0.4) is 0 Å². The second kappa shape index (κ2) is 5.19. The topological polar surface area (TPSA) is 0 Å². The summed E-state index contributed by atoms with van der Waals surface area (Å²) in [5, 5.41) is 0. The summed E-state index contributed by atoms with van der Waals surface area (Å²) >= 11 is 0. The monoisotopic (exact) mass is 187 g/mol. The van der Waals surface area contributed by atoms with Crippen molar-refractivity contribution in [1.29, 1.82) is 0 Å². The van der Waals surface area contributed by atoms with Crippen LogP contribution in [0.5, 0.6) is 0 Å². The first-order valence-corrected chi connectivity index (χ1v) is 5.83. The fraction of sp³-hybridized carbons (Fsp3) is 0.500. The van der Waals surface area contributed by atoms with Crippen LogP contribution >= 0.6 is 0 Å². The van der Waals surface area contributed by atoms with Crippen molar-refractivity contribution >= 4 is 0 Å². The lowest BCUT2D eigenvalue weighted by Crippen LogP contribution is -2.06. The van der Waals surface area contributed by atoms with E-state index in [1.807, 2.05) is 0 Å². The molecule has 0 saturated heterocycles. The van der Waals surface area contributed by atoms with Crippen molar-refractivity contribution in [3.8, 4) is 0 Å². The minimum atomic E-state index is 0.962. The minimum Gasteiger partial charge on any atom is -0.0622 e. The zero-order chi connectivity index (χ0) is 9.64. The van der Waals surface area contributed by atoms with Crippen molar-refractivity contribution in [3.05, 3.63) is 42.3 Å². The third kappa shape index (κ3) is 2.87. The molecule has 75 valence electrons. The van der Waals surface area contributed by atoms with E-state index in [1.54, 1.807) is 0 Å². The molecule has 0 atom stereocenters. The molecule has 0 amide bonds. The van der Waals surface area contributed by atoms with Crippen molar-refractivity contribution in [2.24, 2.45) is 5.92 Å². The normalized spacial score (nSPS) is 18.3. The van der Waals surface area contributed by atoms with Crippen LogP contribution in [-0.4, -0.2) is 0 Å². The van der Waals surface area contributed by atoms with Gasteiger partial charge < -0.3 is 0 Å². The van der Waals surface area contributed by atoms with E-state index < -0.39 is 0 Å². The second-order valence-electron chi connectivity index (χ2n) is 4.35. The highest BCUT2D eigenvalue weighted by atomic mass is 14.2. The van der Waals surface area contributed by atoms with Gasteiger partial charge in [0, 0.05) is 0 Å². The molecule has 1 aromatic rings. The summed E-state index contributed by atoms with van der Waals surface area (Å²) in [6.07, 6.45) is 10.9. The molecule has 0 aromatic heterocycles. The molecule has 1 aromatic carbocycles. The van der Waals surface area contributed by atoms with E-state index in [0.29, 0.717) is 0 Å². The van der Waals surface area contributed by atoms with E-state index in [-0.39, 0.29) is 0 Å². The van der Waals surface area contributed by atoms with E-state index in [1.165, 1.54) is 44.1 Å². The predicted molar refractivity (Wildman–Crippen MR) is 61.0 cm³/mol. The summed E-state index contributed by atoms with van der Waals surface area (Å²) in [5.74, 6) is 0.962. The Bertz CT molecular complexity index is 244. The fourth-order valence-corrected chi connectivity index (χ4v) is 2.31. The van der Waals surface area contributed by atoms with E-state index in [2.05, 4.69) is 36.8 Å². The Morgan fingerprint density at radius 1 is 1.00 bits per heavy atom. The number of hydrogen-bond acceptors (Lipinski definition) is 0. The highest BCUT2D eigenvalue weighted by molar-refractivity contribution is 5.22. The molecule has 0 heterocycles. The summed E-state index contributed by atoms with van der Waals surface area (Å²) in [6, 6.07) is 10.7. The van der Waals surface area contributed by atoms with Gasteiger partial charge in [-0.3, -0.25) is 0 Å². The average molecular weight is 187 g/mol. The molecule has 1 radical (unpaired) electrons. The molecular weight excluding hydrogens is 168 g/mol. The zero-order valence-corrected chi connectivity index (χ0v) is 8.78. The molecule has 2 rings (SSSR count). The third-order valence-corrected chi connectivity index (χ3v) is 3.21. The van der Waals surface area contributed by atoms with Gasteiger partial charge in [-0.05, 0) is 24.3 Å². The maximum absolute atomic E-state index is 2.40. The summed E-state index contributed by atoms with van der Waals surface area (Å²) in [6.45, 7) is 0. The van der Waals surface area contributed by atoms with Crippen molar-refractivity contribution in [2.75, 3.05) is 0 Å². The van der Waals surface area contributed by atoms with Crippen molar-refractivity contribution in [3.63, 3.8) is 0 Å². The van der Waals surface area contributed by atoms with Crippen LogP contribution < -0.4 is 0 Å². The molecule has 0 aliphatic heterocycles.